The maximum absolute atomic E-state index is 13.1. The molecule has 142 valence electrons. The molecule has 1 amide bonds. The number of nitrogens with zero attached hydrogens (tertiary/aromatic N) is 2. The van der Waals surface area contributed by atoms with Crippen LogP contribution in [-0.4, -0.2) is 30.5 Å². The van der Waals surface area contributed by atoms with E-state index in [4.69, 9.17) is 22.8 Å². The molecule has 1 aliphatic heterocycles. The largest absolute Gasteiger partial charge is 0.495 e. The number of amides is 1. The number of nitriles is 1. The molecule has 1 aromatic carbocycles. The number of likely N-dealkylation sites (tertiary alicyclic amines) is 1. The van der Waals surface area contributed by atoms with E-state index in [9.17, 15) is 10.1 Å². The van der Waals surface area contributed by atoms with E-state index in [1.807, 2.05) is 4.90 Å². The molecule has 0 radical (unpaired) electrons. The van der Waals surface area contributed by atoms with Crippen molar-refractivity contribution in [2.24, 2.45) is 17.8 Å². The molecule has 5 heteroatoms. The summed E-state index contributed by atoms with van der Waals surface area (Å²) < 4.78 is 5.24. The lowest BCUT2D eigenvalue weighted by Gasteiger charge is -2.48. The van der Waals surface area contributed by atoms with Crippen LogP contribution < -0.4 is 4.74 Å². The highest BCUT2D eigenvalue weighted by Crippen LogP contribution is 2.43. The lowest BCUT2D eigenvalue weighted by atomic mass is 9.66. The normalized spacial score (nSPS) is 27.2. The van der Waals surface area contributed by atoms with Crippen LogP contribution in [0.1, 0.15) is 43.7 Å². The Morgan fingerprint density at radius 3 is 2.81 bits per heavy atom. The summed E-state index contributed by atoms with van der Waals surface area (Å²) in [6, 6.07) is 5.60. The fourth-order valence-electron chi connectivity index (χ4n) is 4.88. The third-order valence-corrected chi connectivity index (χ3v) is 6.76. The van der Waals surface area contributed by atoms with Gasteiger partial charge in [-0.15, -0.1) is 12.3 Å². The summed E-state index contributed by atoms with van der Waals surface area (Å²) >= 11 is 6.39. The zero-order valence-electron chi connectivity index (χ0n) is 15.9. The van der Waals surface area contributed by atoms with Crippen molar-refractivity contribution in [3.05, 3.63) is 28.3 Å². The SMILES string of the molecule is C#CC1CCCC2C1CCN(C(=O)Cc1c(C#N)ccc(OC)c1Cl)C2C. The second-order valence-corrected chi connectivity index (χ2v) is 7.92. The third kappa shape index (κ3) is 3.64. The summed E-state index contributed by atoms with van der Waals surface area (Å²) in [7, 11) is 1.52. The molecule has 0 bridgehead atoms. The first-order chi connectivity index (χ1) is 13.0. The van der Waals surface area contributed by atoms with Gasteiger partial charge in [-0.05, 0) is 50.2 Å². The van der Waals surface area contributed by atoms with E-state index >= 15 is 0 Å². The Bertz CT molecular complexity index is 808. The predicted molar refractivity (Wildman–Crippen MR) is 105 cm³/mol. The molecule has 1 saturated heterocycles. The average Bonchev–Trinajstić information content (AvgIpc) is 2.69. The van der Waals surface area contributed by atoms with Crippen LogP contribution in [-0.2, 0) is 11.2 Å². The second-order valence-electron chi connectivity index (χ2n) is 7.54. The van der Waals surface area contributed by atoms with Gasteiger partial charge in [0.25, 0.3) is 0 Å². The smallest absolute Gasteiger partial charge is 0.227 e. The van der Waals surface area contributed by atoms with Gasteiger partial charge in [0.2, 0.25) is 5.91 Å². The zero-order valence-corrected chi connectivity index (χ0v) is 16.6. The van der Waals surface area contributed by atoms with Crippen LogP contribution in [0.15, 0.2) is 12.1 Å². The molecule has 3 rings (SSSR count). The van der Waals surface area contributed by atoms with Crippen LogP contribution in [0, 0.1) is 41.4 Å². The molecule has 27 heavy (non-hydrogen) atoms. The van der Waals surface area contributed by atoms with Gasteiger partial charge in [0.1, 0.15) is 5.75 Å². The molecule has 2 aliphatic rings. The minimum Gasteiger partial charge on any atom is -0.495 e. The maximum atomic E-state index is 13.1. The Kier molecular flexibility index (Phi) is 5.98. The highest BCUT2D eigenvalue weighted by molar-refractivity contribution is 6.33. The number of carbonyl (C=O) groups is 1. The summed E-state index contributed by atoms with van der Waals surface area (Å²) in [5.74, 6) is 4.76. The number of fused-ring (bicyclic) bond motifs is 1. The van der Waals surface area contributed by atoms with Crippen molar-refractivity contribution in [1.29, 1.82) is 5.26 Å². The summed E-state index contributed by atoms with van der Waals surface area (Å²) in [6.45, 7) is 2.84. The highest BCUT2D eigenvalue weighted by atomic mass is 35.5. The Labute approximate surface area is 166 Å². The molecule has 4 nitrogen and oxygen atoms in total. The van der Waals surface area contributed by atoms with Crippen molar-refractivity contribution < 1.29 is 9.53 Å². The van der Waals surface area contributed by atoms with Gasteiger partial charge in [0.15, 0.2) is 0 Å². The molecule has 0 spiro atoms. The van der Waals surface area contributed by atoms with Gasteiger partial charge in [0, 0.05) is 24.1 Å². The summed E-state index contributed by atoms with van der Waals surface area (Å²) in [6.07, 6.45) is 10.2. The van der Waals surface area contributed by atoms with Gasteiger partial charge in [-0.2, -0.15) is 5.26 Å². The van der Waals surface area contributed by atoms with Crippen LogP contribution in [0.2, 0.25) is 5.02 Å². The van der Waals surface area contributed by atoms with E-state index in [0.29, 0.717) is 46.2 Å². The average molecular weight is 385 g/mol. The lowest BCUT2D eigenvalue weighted by molar-refractivity contribution is -0.137. The molecule has 1 saturated carbocycles. The van der Waals surface area contributed by atoms with Gasteiger partial charge in [-0.3, -0.25) is 4.79 Å². The molecule has 4 unspecified atom stereocenters. The Morgan fingerprint density at radius 2 is 2.15 bits per heavy atom. The number of benzene rings is 1. The van der Waals surface area contributed by atoms with Crippen molar-refractivity contribution in [2.45, 2.75) is 45.1 Å². The molecule has 1 heterocycles. The first kappa shape index (κ1) is 19.6. The number of ether oxygens (including phenoxy) is 1. The summed E-state index contributed by atoms with van der Waals surface area (Å²) in [5, 5.41) is 9.74. The molecular weight excluding hydrogens is 360 g/mol. The highest BCUT2D eigenvalue weighted by Gasteiger charge is 2.42. The van der Waals surface area contributed by atoms with Crippen LogP contribution in [0.3, 0.4) is 0 Å². The fourth-order valence-corrected chi connectivity index (χ4v) is 5.19. The Hall–Kier alpha value is -2.17. The van der Waals surface area contributed by atoms with Crippen molar-refractivity contribution in [1.82, 2.24) is 4.90 Å². The van der Waals surface area contributed by atoms with Gasteiger partial charge in [-0.25, -0.2) is 0 Å². The van der Waals surface area contributed by atoms with Crippen LogP contribution in [0.4, 0.5) is 0 Å². The zero-order chi connectivity index (χ0) is 19.6. The lowest BCUT2D eigenvalue weighted by Crippen LogP contribution is -2.53. The van der Waals surface area contributed by atoms with Gasteiger partial charge in [0.05, 0.1) is 30.2 Å². The van der Waals surface area contributed by atoms with Gasteiger partial charge >= 0.3 is 0 Å². The van der Waals surface area contributed by atoms with E-state index in [-0.39, 0.29) is 18.4 Å². The summed E-state index contributed by atoms with van der Waals surface area (Å²) in [4.78, 5) is 15.1. The van der Waals surface area contributed by atoms with Crippen molar-refractivity contribution in [3.63, 3.8) is 0 Å². The van der Waals surface area contributed by atoms with Crippen molar-refractivity contribution >= 4 is 17.5 Å². The first-order valence-corrected chi connectivity index (χ1v) is 9.90. The molecule has 4 atom stereocenters. The van der Waals surface area contributed by atoms with Crippen LogP contribution >= 0.6 is 11.6 Å². The van der Waals surface area contributed by atoms with Gasteiger partial charge in [-0.1, -0.05) is 18.0 Å². The van der Waals surface area contributed by atoms with E-state index in [2.05, 4.69) is 18.9 Å². The number of methoxy groups -OCH3 is 1. The number of hydrogen-bond donors (Lipinski definition) is 0. The second kappa shape index (κ2) is 8.24. The first-order valence-electron chi connectivity index (χ1n) is 9.52. The van der Waals surface area contributed by atoms with Crippen molar-refractivity contribution in [3.8, 4) is 24.2 Å². The monoisotopic (exact) mass is 384 g/mol. The predicted octanol–water partition coefficient (Wildman–Crippen LogP) is 4.05. The number of hydrogen-bond acceptors (Lipinski definition) is 3. The molecule has 1 aliphatic carbocycles. The molecule has 2 fully saturated rings. The molecular formula is C22H25ClN2O2. The number of piperidine rings is 1. The standard InChI is InChI=1S/C22H25ClN2O2/c1-4-15-6-5-7-17-14(2)25(11-10-18(15)17)21(26)12-19-16(13-24)8-9-20(27-3)22(19)23/h1,8-9,14-15,17-18H,5-7,10-12H2,2-3H3. The molecule has 1 aromatic rings. The molecule has 0 N–H and O–H groups in total. The van der Waals surface area contributed by atoms with Crippen LogP contribution in [0.25, 0.3) is 0 Å². The maximum Gasteiger partial charge on any atom is 0.227 e. The fraction of sp³-hybridized carbons (Fsp3) is 0.545. The minimum atomic E-state index is 0.00966. The van der Waals surface area contributed by atoms with Gasteiger partial charge < -0.3 is 9.64 Å². The number of carbonyl (C=O) groups excluding carboxylic acids is 1. The molecule has 0 aromatic heterocycles. The number of terminal acetylenes is 1. The van der Waals surface area contributed by atoms with E-state index in [1.54, 1.807) is 12.1 Å². The quantitative estimate of drug-likeness (QED) is 0.739. The van der Waals surface area contributed by atoms with Crippen LogP contribution in [0.5, 0.6) is 5.75 Å². The minimum absolute atomic E-state index is 0.00966. The summed E-state index contributed by atoms with van der Waals surface area (Å²) in [5.41, 5.74) is 0.963. The topological polar surface area (TPSA) is 53.3 Å². The number of halogens is 1. The van der Waals surface area contributed by atoms with E-state index in [1.165, 1.54) is 7.11 Å². The van der Waals surface area contributed by atoms with Crippen molar-refractivity contribution in [2.75, 3.05) is 13.7 Å². The third-order valence-electron chi connectivity index (χ3n) is 6.34. The van der Waals surface area contributed by atoms with E-state index in [0.717, 1.165) is 25.7 Å². The Balaban J connectivity index is 1.80. The number of rotatable bonds is 3. The Morgan fingerprint density at radius 1 is 1.37 bits per heavy atom. The van der Waals surface area contributed by atoms with E-state index < -0.39 is 0 Å².